The third-order valence-corrected chi connectivity index (χ3v) is 5.45. The number of amides is 2. The first-order valence-corrected chi connectivity index (χ1v) is 11.4. The highest BCUT2D eigenvalue weighted by atomic mass is 16.2. The number of benzene rings is 1. The molecular formula is C25H35N3O3. The van der Waals surface area contributed by atoms with Crippen molar-refractivity contribution in [1.29, 1.82) is 0 Å². The minimum atomic E-state index is -0.356. The monoisotopic (exact) mass is 425 g/mol. The van der Waals surface area contributed by atoms with E-state index in [9.17, 15) is 14.4 Å². The van der Waals surface area contributed by atoms with E-state index in [0.29, 0.717) is 19.4 Å². The zero-order valence-corrected chi connectivity index (χ0v) is 19.2. The minimum absolute atomic E-state index is 0.0389. The van der Waals surface area contributed by atoms with E-state index >= 15 is 0 Å². The summed E-state index contributed by atoms with van der Waals surface area (Å²) in [5.74, 6) is -0.281. The quantitative estimate of drug-likeness (QED) is 0.708. The number of pyridine rings is 1. The first kappa shape index (κ1) is 24.4. The van der Waals surface area contributed by atoms with E-state index in [1.807, 2.05) is 44.7 Å². The third-order valence-electron chi connectivity index (χ3n) is 5.45. The van der Waals surface area contributed by atoms with Crippen molar-refractivity contribution >= 4 is 17.5 Å². The molecule has 0 spiro atoms. The Balaban J connectivity index is 0.00000166. The average molecular weight is 426 g/mol. The average Bonchev–Trinajstić information content (AvgIpc) is 2.79. The maximum Gasteiger partial charge on any atom is 0.274 e. The molecule has 0 bridgehead atoms. The summed E-state index contributed by atoms with van der Waals surface area (Å²) in [4.78, 5) is 39.5. The van der Waals surface area contributed by atoms with E-state index in [0.717, 1.165) is 19.3 Å². The second-order valence-corrected chi connectivity index (χ2v) is 7.44. The molecule has 3 rings (SSSR count). The number of carbonyl (C=O) groups is 2. The molecule has 31 heavy (non-hydrogen) atoms. The normalized spacial score (nSPS) is 14.6. The second-order valence-electron chi connectivity index (χ2n) is 7.44. The summed E-state index contributed by atoms with van der Waals surface area (Å²) >= 11 is 0. The molecule has 0 aliphatic heterocycles. The van der Waals surface area contributed by atoms with Crippen molar-refractivity contribution in [3.63, 3.8) is 0 Å². The van der Waals surface area contributed by atoms with Crippen LogP contribution < -0.4 is 10.9 Å². The Morgan fingerprint density at radius 2 is 1.87 bits per heavy atom. The largest absolute Gasteiger partial charge is 0.334 e. The van der Waals surface area contributed by atoms with Crippen LogP contribution in [0.5, 0.6) is 0 Å². The Hall–Kier alpha value is -2.89. The number of nitrogens with one attached hydrogen (secondary N) is 1. The van der Waals surface area contributed by atoms with Gasteiger partial charge in [-0.15, -0.1) is 0 Å². The number of aryl methyl sites for hydroxylation is 1. The lowest BCUT2D eigenvalue weighted by Gasteiger charge is -2.35. The molecule has 6 nitrogen and oxygen atoms in total. The van der Waals surface area contributed by atoms with Crippen LogP contribution in [0.4, 0.5) is 5.69 Å². The number of carbonyl (C=O) groups excluding carboxylic acids is 2. The summed E-state index contributed by atoms with van der Waals surface area (Å²) in [6, 6.07) is 11.6. The molecule has 1 N–H and O–H groups in total. The molecule has 1 aliphatic carbocycles. The van der Waals surface area contributed by atoms with E-state index in [1.54, 1.807) is 18.3 Å². The van der Waals surface area contributed by atoms with Gasteiger partial charge in [-0.05, 0) is 55.9 Å². The lowest BCUT2D eigenvalue weighted by molar-refractivity contribution is -0.134. The molecule has 168 valence electrons. The number of rotatable bonds is 7. The number of fused-ring (bicyclic) bond motifs is 1. The van der Waals surface area contributed by atoms with Gasteiger partial charge in [0.1, 0.15) is 12.2 Å². The van der Waals surface area contributed by atoms with Crippen LogP contribution in [0, 0.1) is 0 Å². The first-order valence-electron chi connectivity index (χ1n) is 11.4. The van der Waals surface area contributed by atoms with Crippen molar-refractivity contribution in [3.8, 4) is 0 Å². The van der Waals surface area contributed by atoms with Crippen LogP contribution in [0.25, 0.3) is 0 Å². The highest BCUT2D eigenvalue weighted by Crippen LogP contribution is 2.34. The summed E-state index contributed by atoms with van der Waals surface area (Å²) < 4.78 is 1.38. The number of nitrogens with zero attached hydrogens (tertiary/aromatic N) is 2. The molecule has 2 amide bonds. The molecule has 2 aromatic rings. The molecule has 6 heteroatoms. The van der Waals surface area contributed by atoms with Crippen LogP contribution in [0.2, 0.25) is 0 Å². The smallest absolute Gasteiger partial charge is 0.274 e. The summed E-state index contributed by atoms with van der Waals surface area (Å²) in [5, 5.41) is 2.65. The van der Waals surface area contributed by atoms with E-state index in [4.69, 9.17) is 0 Å². The topological polar surface area (TPSA) is 71.4 Å². The van der Waals surface area contributed by atoms with Gasteiger partial charge in [0.05, 0.1) is 6.04 Å². The van der Waals surface area contributed by atoms with Crippen LogP contribution >= 0.6 is 0 Å². The van der Waals surface area contributed by atoms with Gasteiger partial charge >= 0.3 is 0 Å². The Bertz CT molecular complexity index is 936. The van der Waals surface area contributed by atoms with Gasteiger partial charge in [-0.1, -0.05) is 45.0 Å². The predicted octanol–water partition coefficient (Wildman–Crippen LogP) is 4.54. The maximum absolute atomic E-state index is 13.1. The molecular weight excluding hydrogens is 390 g/mol. The maximum atomic E-state index is 13.1. The molecule has 1 aromatic carbocycles. The molecule has 1 aromatic heterocycles. The summed E-state index contributed by atoms with van der Waals surface area (Å²) in [7, 11) is 0. The molecule has 1 atom stereocenters. The van der Waals surface area contributed by atoms with Gasteiger partial charge in [0.2, 0.25) is 11.8 Å². The Labute approximate surface area is 185 Å². The van der Waals surface area contributed by atoms with Crippen LogP contribution in [0.15, 0.2) is 47.4 Å². The molecule has 1 aliphatic rings. The minimum Gasteiger partial charge on any atom is -0.334 e. The fourth-order valence-electron chi connectivity index (χ4n) is 4.06. The van der Waals surface area contributed by atoms with Crippen LogP contribution in [0.1, 0.15) is 70.5 Å². The Morgan fingerprint density at radius 3 is 2.58 bits per heavy atom. The third kappa shape index (κ3) is 6.06. The fraction of sp³-hybridized carbons (Fsp3) is 0.480. The van der Waals surface area contributed by atoms with Crippen molar-refractivity contribution in [3.05, 3.63) is 64.1 Å². The van der Waals surface area contributed by atoms with Gasteiger partial charge in [0.25, 0.3) is 5.56 Å². The SMILES string of the molecule is CC.CCCC(=O)Nc1cccn(CC(=O)N(CC)C2CCCc3ccccc32)c1=O. The number of aromatic nitrogens is 1. The summed E-state index contributed by atoms with van der Waals surface area (Å²) in [6.07, 6.45) is 5.68. The first-order chi connectivity index (χ1) is 15.0. The molecule has 1 heterocycles. The highest BCUT2D eigenvalue weighted by Gasteiger charge is 2.28. The van der Waals surface area contributed by atoms with E-state index in [1.165, 1.54) is 15.7 Å². The predicted molar refractivity (Wildman–Crippen MR) is 125 cm³/mol. The van der Waals surface area contributed by atoms with Gasteiger partial charge in [-0.3, -0.25) is 14.4 Å². The number of hydrogen-bond acceptors (Lipinski definition) is 3. The fourth-order valence-corrected chi connectivity index (χ4v) is 4.06. The van der Waals surface area contributed by atoms with Crippen LogP contribution in [-0.4, -0.2) is 27.8 Å². The Morgan fingerprint density at radius 1 is 1.13 bits per heavy atom. The van der Waals surface area contributed by atoms with Gasteiger partial charge < -0.3 is 14.8 Å². The Kier molecular flexibility index (Phi) is 9.50. The van der Waals surface area contributed by atoms with Crippen molar-refractivity contribution in [2.45, 2.75) is 72.4 Å². The number of hydrogen-bond donors (Lipinski definition) is 1. The van der Waals surface area contributed by atoms with Crippen LogP contribution in [0.3, 0.4) is 0 Å². The van der Waals surface area contributed by atoms with Crippen LogP contribution in [-0.2, 0) is 22.6 Å². The van der Waals surface area contributed by atoms with Gasteiger partial charge in [-0.2, -0.15) is 0 Å². The zero-order valence-electron chi connectivity index (χ0n) is 19.2. The molecule has 0 saturated heterocycles. The lowest BCUT2D eigenvalue weighted by Crippen LogP contribution is -2.40. The van der Waals surface area contributed by atoms with Gasteiger partial charge in [0.15, 0.2) is 0 Å². The molecule has 1 unspecified atom stereocenters. The number of anilines is 1. The highest BCUT2D eigenvalue weighted by molar-refractivity contribution is 5.90. The summed E-state index contributed by atoms with van der Waals surface area (Å²) in [6.45, 7) is 8.42. The van der Waals surface area contributed by atoms with Crippen molar-refractivity contribution in [2.75, 3.05) is 11.9 Å². The van der Waals surface area contributed by atoms with E-state index in [2.05, 4.69) is 17.4 Å². The standard InChI is InChI=1S/C23H29N3O3.C2H6/c1-3-9-21(27)24-19-13-8-15-25(23(19)29)16-22(28)26(4-2)20-14-7-11-17-10-5-6-12-18(17)20;1-2/h5-6,8,10,12-13,15,20H,3-4,7,9,11,14,16H2,1-2H3,(H,24,27);1-2H3. The van der Waals surface area contributed by atoms with Gasteiger partial charge in [0, 0.05) is 19.2 Å². The lowest BCUT2D eigenvalue weighted by atomic mass is 9.86. The van der Waals surface area contributed by atoms with Gasteiger partial charge in [-0.25, -0.2) is 0 Å². The van der Waals surface area contributed by atoms with Crippen molar-refractivity contribution in [1.82, 2.24) is 9.47 Å². The summed E-state index contributed by atoms with van der Waals surface area (Å²) in [5.41, 5.74) is 2.37. The van der Waals surface area contributed by atoms with Crippen molar-refractivity contribution in [2.24, 2.45) is 0 Å². The number of likely N-dealkylation sites (N-methyl/N-ethyl adjacent to an activating group) is 1. The molecule has 0 radical (unpaired) electrons. The zero-order chi connectivity index (χ0) is 22.8. The second kappa shape index (κ2) is 12.1. The molecule has 0 fully saturated rings. The molecule has 0 saturated carbocycles. The van der Waals surface area contributed by atoms with E-state index in [-0.39, 0.29) is 35.6 Å². The van der Waals surface area contributed by atoms with E-state index < -0.39 is 0 Å². The van der Waals surface area contributed by atoms with Crippen molar-refractivity contribution < 1.29 is 9.59 Å².